The molecule has 0 saturated carbocycles. The quantitative estimate of drug-likeness (QED) is 0.575. The van der Waals surface area contributed by atoms with E-state index in [1.807, 2.05) is 49.4 Å². The van der Waals surface area contributed by atoms with Gasteiger partial charge in [-0.1, -0.05) is 71.8 Å². The summed E-state index contributed by atoms with van der Waals surface area (Å²) in [6.07, 6.45) is 0. The maximum absolute atomic E-state index is 13.0. The van der Waals surface area contributed by atoms with E-state index in [0.717, 1.165) is 11.1 Å². The third kappa shape index (κ3) is 4.44. The van der Waals surface area contributed by atoms with Gasteiger partial charge in [0.2, 0.25) is 10.0 Å². The summed E-state index contributed by atoms with van der Waals surface area (Å²) in [6.45, 7) is 4.20. The van der Waals surface area contributed by atoms with Crippen LogP contribution in [0.2, 0.25) is 5.02 Å². The maximum Gasteiger partial charge on any atom is 0.243 e. The van der Waals surface area contributed by atoms with Crippen LogP contribution in [0.1, 0.15) is 22.7 Å². The van der Waals surface area contributed by atoms with E-state index < -0.39 is 10.0 Å². The van der Waals surface area contributed by atoms with Crippen molar-refractivity contribution in [1.82, 2.24) is 9.21 Å². The molecule has 0 bridgehead atoms. The molecule has 0 N–H and O–H groups in total. The average Bonchev–Trinajstić information content (AvgIpc) is 2.77. The average molecular weight is 441 g/mol. The zero-order valence-electron chi connectivity index (χ0n) is 16.9. The molecule has 156 valence electrons. The molecular formula is C24H25ClN2O2S. The van der Waals surface area contributed by atoms with Crippen molar-refractivity contribution in [3.8, 4) is 0 Å². The van der Waals surface area contributed by atoms with Gasteiger partial charge in [0.15, 0.2) is 0 Å². The van der Waals surface area contributed by atoms with Gasteiger partial charge in [0.1, 0.15) is 0 Å². The third-order valence-electron chi connectivity index (χ3n) is 5.60. The largest absolute Gasteiger partial charge is 0.290 e. The number of hydrogen-bond acceptors (Lipinski definition) is 3. The second kappa shape index (κ2) is 8.90. The zero-order valence-corrected chi connectivity index (χ0v) is 18.5. The second-order valence-corrected chi connectivity index (χ2v) is 9.99. The van der Waals surface area contributed by atoms with Crippen LogP contribution in [0.15, 0.2) is 83.8 Å². The number of sulfonamides is 1. The van der Waals surface area contributed by atoms with E-state index in [1.165, 1.54) is 5.56 Å². The zero-order chi connectivity index (χ0) is 21.1. The minimum absolute atomic E-state index is 0.0627. The van der Waals surface area contributed by atoms with Gasteiger partial charge in [-0.15, -0.1) is 0 Å². The third-order valence-corrected chi connectivity index (χ3v) is 7.76. The monoisotopic (exact) mass is 440 g/mol. The number of piperazine rings is 1. The van der Waals surface area contributed by atoms with Gasteiger partial charge in [-0.2, -0.15) is 4.31 Å². The van der Waals surface area contributed by atoms with Crippen LogP contribution in [0.3, 0.4) is 0 Å². The van der Waals surface area contributed by atoms with Crippen molar-refractivity contribution in [2.45, 2.75) is 17.9 Å². The Bertz CT molecular complexity index is 1080. The molecule has 0 amide bonds. The summed E-state index contributed by atoms with van der Waals surface area (Å²) in [7, 11) is -3.47. The predicted molar refractivity (Wildman–Crippen MR) is 121 cm³/mol. The van der Waals surface area contributed by atoms with Gasteiger partial charge >= 0.3 is 0 Å². The van der Waals surface area contributed by atoms with Crippen molar-refractivity contribution in [2.75, 3.05) is 26.2 Å². The normalized spacial score (nSPS) is 17.0. The highest BCUT2D eigenvalue weighted by Gasteiger charge is 2.32. The molecule has 0 aliphatic carbocycles. The van der Waals surface area contributed by atoms with E-state index in [4.69, 9.17) is 11.6 Å². The Morgan fingerprint density at radius 2 is 1.33 bits per heavy atom. The van der Waals surface area contributed by atoms with Crippen LogP contribution in [0, 0.1) is 6.92 Å². The smallest absolute Gasteiger partial charge is 0.243 e. The minimum atomic E-state index is -3.47. The maximum atomic E-state index is 13.0. The highest BCUT2D eigenvalue weighted by molar-refractivity contribution is 7.89. The summed E-state index contributed by atoms with van der Waals surface area (Å²) >= 11 is 6.10. The molecule has 1 fully saturated rings. The van der Waals surface area contributed by atoms with E-state index in [9.17, 15) is 8.42 Å². The van der Waals surface area contributed by atoms with Gasteiger partial charge in [0.05, 0.1) is 10.9 Å². The molecule has 4 nitrogen and oxygen atoms in total. The van der Waals surface area contributed by atoms with Crippen LogP contribution in [0.25, 0.3) is 0 Å². The number of benzene rings is 3. The summed E-state index contributed by atoms with van der Waals surface area (Å²) in [5.41, 5.74) is 3.39. The van der Waals surface area contributed by atoms with Gasteiger partial charge in [-0.25, -0.2) is 8.42 Å². The first kappa shape index (κ1) is 21.1. The standard InChI is InChI=1S/C24H25ClN2O2S/c1-19-7-13-23(14-8-19)30(28,29)27-17-15-26(16-18-27)24(20-5-3-2-4-6-20)21-9-11-22(25)12-10-21/h2-14,24H,15-18H2,1H3/t24-/m0/s1. The molecule has 0 radical (unpaired) electrons. The number of nitrogens with zero attached hydrogens (tertiary/aromatic N) is 2. The van der Waals surface area contributed by atoms with Gasteiger partial charge in [-0.3, -0.25) is 4.90 Å². The Kier molecular flexibility index (Phi) is 6.25. The van der Waals surface area contributed by atoms with Crippen molar-refractivity contribution >= 4 is 21.6 Å². The fourth-order valence-electron chi connectivity index (χ4n) is 3.96. The van der Waals surface area contributed by atoms with Gasteiger partial charge < -0.3 is 0 Å². The summed E-state index contributed by atoms with van der Waals surface area (Å²) in [4.78, 5) is 2.71. The SMILES string of the molecule is Cc1ccc(S(=O)(=O)N2CCN([C@@H](c3ccccc3)c3ccc(Cl)cc3)CC2)cc1. The number of aryl methyl sites for hydroxylation is 1. The van der Waals surface area contributed by atoms with Crippen molar-refractivity contribution in [3.05, 3.63) is 101 Å². The molecule has 4 rings (SSSR count). The van der Waals surface area contributed by atoms with Crippen molar-refractivity contribution in [2.24, 2.45) is 0 Å². The topological polar surface area (TPSA) is 40.6 Å². The van der Waals surface area contributed by atoms with Crippen LogP contribution >= 0.6 is 11.6 Å². The van der Waals surface area contributed by atoms with E-state index in [-0.39, 0.29) is 6.04 Å². The van der Waals surface area contributed by atoms with Gasteiger partial charge in [0, 0.05) is 31.2 Å². The molecule has 1 saturated heterocycles. The van der Waals surface area contributed by atoms with Crippen LogP contribution in [-0.4, -0.2) is 43.8 Å². The highest BCUT2D eigenvalue weighted by Crippen LogP contribution is 2.31. The summed E-state index contributed by atoms with van der Waals surface area (Å²) in [6, 6.07) is 25.4. The molecule has 1 aliphatic heterocycles. The second-order valence-electron chi connectivity index (χ2n) is 7.62. The first-order valence-corrected chi connectivity index (χ1v) is 11.9. The number of rotatable bonds is 5. The first-order chi connectivity index (χ1) is 14.4. The summed E-state index contributed by atoms with van der Waals surface area (Å²) in [5.74, 6) is 0. The summed E-state index contributed by atoms with van der Waals surface area (Å²) < 4.78 is 27.7. The van der Waals surface area contributed by atoms with Crippen LogP contribution in [0.4, 0.5) is 0 Å². The molecule has 3 aromatic carbocycles. The van der Waals surface area contributed by atoms with E-state index in [0.29, 0.717) is 36.1 Å². The molecule has 3 aromatic rings. The highest BCUT2D eigenvalue weighted by atomic mass is 35.5. The lowest BCUT2D eigenvalue weighted by atomic mass is 9.96. The molecule has 0 unspecified atom stereocenters. The summed E-state index contributed by atoms with van der Waals surface area (Å²) in [5, 5.41) is 0.708. The predicted octanol–water partition coefficient (Wildman–Crippen LogP) is 4.74. The molecular weight excluding hydrogens is 416 g/mol. The van der Waals surface area contributed by atoms with Crippen LogP contribution in [-0.2, 0) is 10.0 Å². The van der Waals surface area contributed by atoms with Gasteiger partial charge in [-0.05, 0) is 42.3 Å². The van der Waals surface area contributed by atoms with E-state index in [1.54, 1.807) is 16.4 Å². The minimum Gasteiger partial charge on any atom is -0.290 e. The number of hydrogen-bond donors (Lipinski definition) is 0. The Hall–Kier alpha value is -2.18. The van der Waals surface area contributed by atoms with Gasteiger partial charge in [0.25, 0.3) is 0 Å². The Labute approximate surface area is 183 Å². The molecule has 0 spiro atoms. The Morgan fingerprint density at radius 1 is 0.767 bits per heavy atom. The van der Waals surface area contributed by atoms with E-state index >= 15 is 0 Å². The molecule has 30 heavy (non-hydrogen) atoms. The van der Waals surface area contributed by atoms with Crippen molar-refractivity contribution in [3.63, 3.8) is 0 Å². The van der Waals surface area contributed by atoms with Crippen LogP contribution < -0.4 is 0 Å². The lowest BCUT2D eigenvalue weighted by Crippen LogP contribution is -2.49. The molecule has 0 aromatic heterocycles. The van der Waals surface area contributed by atoms with Crippen molar-refractivity contribution in [1.29, 1.82) is 0 Å². The fraction of sp³-hybridized carbons (Fsp3) is 0.250. The first-order valence-electron chi connectivity index (χ1n) is 10.1. The lowest BCUT2D eigenvalue weighted by molar-refractivity contribution is 0.156. The Balaban J connectivity index is 1.56. The fourth-order valence-corrected chi connectivity index (χ4v) is 5.50. The molecule has 1 atom stereocenters. The number of halogens is 1. The molecule has 1 aliphatic rings. The molecule has 1 heterocycles. The van der Waals surface area contributed by atoms with Crippen molar-refractivity contribution < 1.29 is 8.42 Å². The Morgan fingerprint density at radius 3 is 1.93 bits per heavy atom. The van der Waals surface area contributed by atoms with E-state index in [2.05, 4.69) is 29.2 Å². The molecule has 6 heteroatoms. The van der Waals surface area contributed by atoms with Crippen LogP contribution in [0.5, 0.6) is 0 Å². The lowest BCUT2D eigenvalue weighted by Gasteiger charge is -2.39.